The summed E-state index contributed by atoms with van der Waals surface area (Å²) in [6.07, 6.45) is 4.72. The van der Waals surface area contributed by atoms with E-state index in [9.17, 15) is 0 Å². The molecule has 1 atom stereocenters. The molecule has 7 heteroatoms. The first-order chi connectivity index (χ1) is 12.8. The monoisotopic (exact) mass is 382 g/mol. The standard InChI is InChI=1S/C19H34N4O2S/c1-20-19(21-9-3-6-12-25-14-13-24-2)22-16-17(18-8-7-15-26-18)23-10-4-5-11-23/h7-8,15,17H,3-6,9-14,16H2,1-2H3,(H2,20,21,22). The van der Waals surface area contributed by atoms with Crippen molar-refractivity contribution in [2.24, 2.45) is 4.99 Å². The molecule has 2 heterocycles. The number of rotatable bonds is 12. The number of thiophene rings is 1. The molecule has 2 N–H and O–H groups in total. The molecule has 0 radical (unpaired) electrons. The molecule has 1 aromatic rings. The summed E-state index contributed by atoms with van der Waals surface area (Å²) in [4.78, 5) is 8.38. The summed E-state index contributed by atoms with van der Waals surface area (Å²) in [5.74, 6) is 0.881. The fourth-order valence-corrected chi connectivity index (χ4v) is 4.00. The highest BCUT2D eigenvalue weighted by Crippen LogP contribution is 2.27. The molecule has 148 valence electrons. The molecule has 0 amide bonds. The molecule has 1 aliphatic rings. The highest BCUT2D eigenvalue weighted by Gasteiger charge is 2.24. The van der Waals surface area contributed by atoms with Gasteiger partial charge in [-0.15, -0.1) is 11.3 Å². The van der Waals surface area contributed by atoms with E-state index < -0.39 is 0 Å². The lowest BCUT2D eigenvalue weighted by Crippen LogP contribution is -2.42. The number of aliphatic imine (C=N–C) groups is 1. The van der Waals surface area contributed by atoms with E-state index in [1.807, 2.05) is 18.4 Å². The Bertz CT molecular complexity index is 490. The van der Waals surface area contributed by atoms with Gasteiger partial charge in [-0.25, -0.2) is 0 Å². The van der Waals surface area contributed by atoms with Crippen LogP contribution in [0.4, 0.5) is 0 Å². The Balaban J connectivity index is 1.66. The third-order valence-electron chi connectivity index (χ3n) is 4.58. The van der Waals surface area contributed by atoms with Crippen molar-refractivity contribution in [2.45, 2.75) is 31.7 Å². The predicted molar refractivity (Wildman–Crippen MR) is 109 cm³/mol. The molecule has 0 spiro atoms. The number of likely N-dealkylation sites (tertiary alicyclic amines) is 1. The summed E-state index contributed by atoms with van der Waals surface area (Å²) in [5, 5.41) is 9.08. The van der Waals surface area contributed by atoms with Crippen molar-refractivity contribution in [3.05, 3.63) is 22.4 Å². The van der Waals surface area contributed by atoms with Gasteiger partial charge >= 0.3 is 0 Å². The van der Waals surface area contributed by atoms with Crippen LogP contribution in [0.25, 0.3) is 0 Å². The van der Waals surface area contributed by atoms with E-state index in [1.165, 1.54) is 30.8 Å². The van der Waals surface area contributed by atoms with Gasteiger partial charge in [-0.3, -0.25) is 9.89 Å². The van der Waals surface area contributed by atoms with E-state index in [0.717, 1.165) is 38.5 Å². The summed E-state index contributed by atoms with van der Waals surface area (Å²) in [5.41, 5.74) is 0. The number of unbranched alkanes of at least 4 members (excludes halogenated alkanes) is 1. The summed E-state index contributed by atoms with van der Waals surface area (Å²) in [6.45, 7) is 6.30. The maximum Gasteiger partial charge on any atom is 0.191 e. The summed E-state index contributed by atoms with van der Waals surface area (Å²) < 4.78 is 10.4. The van der Waals surface area contributed by atoms with Crippen LogP contribution in [0.15, 0.2) is 22.5 Å². The van der Waals surface area contributed by atoms with E-state index in [-0.39, 0.29) is 0 Å². The minimum atomic E-state index is 0.435. The number of nitrogens with one attached hydrogen (secondary N) is 2. The molecule has 6 nitrogen and oxygen atoms in total. The van der Waals surface area contributed by atoms with Crippen molar-refractivity contribution in [1.82, 2.24) is 15.5 Å². The fourth-order valence-electron chi connectivity index (χ4n) is 3.14. The number of nitrogens with zero attached hydrogens (tertiary/aromatic N) is 2. The van der Waals surface area contributed by atoms with Crippen molar-refractivity contribution in [1.29, 1.82) is 0 Å². The highest BCUT2D eigenvalue weighted by molar-refractivity contribution is 7.10. The minimum Gasteiger partial charge on any atom is -0.382 e. The van der Waals surface area contributed by atoms with Gasteiger partial charge in [0.05, 0.1) is 19.3 Å². The highest BCUT2D eigenvalue weighted by atomic mass is 32.1. The van der Waals surface area contributed by atoms with Gasteiger partial charge in [0.25, 0.3) is 0 Å². The Morgan fingerprint density at radius 3 is 2.77 bits per heavy atom. The van der Waals surface area contributed by atoms with Crippen LogP contribution in [0, 0.1) is 0 Å². The maximum absolute atomic E-state index is 5.48. The average molecular weight is 383 g/mol. The Morgan fingerprint density at radius 2 is 2.08 bits per heavy atom. The third-order valence-corrected chi connectivity index (χ3v) is 5.55. The molecule has 0 aliphatic carbocycles. The Hall–Kier alpha value is -1.15. The second kappa shape index (κ2) is 13.1. The van der Waals surface area contributed by atoms with E-state index in [1.54, 1.807) is 7.11 Å². The summed E-state index contributed by atoms with van der Waals surface area (Å²) in [7, 11) is 3.53. The molecular weight excluding hydrogens is 348 g/mol. The lowest BCUT2D eigenvalue weighted by atomic mass is 10.2. The summed E-state index contributed by atoms with van der Waals surface area (Å²) in [6, 6.07) is 4.82. The van der Waals surface area contributed by atoms with Crippen LogP contribution in [0.3, 0.4) is 0 Å². The zero-order chi connectivity index (χ0) is 18.5. The Morgan fingerprint density at radius 1 is 1.23 bits per heavy atom. The van der Waals surface area contributed by atoms with Crippen molar-refractivity contribution >= 4 is 17.3 Å². The predicted octanol–water partition coefficient (Wildman–Crippen LogP) is 2.49. The number of hydrogen-bond acceptors (Lipinski definition) is 5. The van der Waals surface area contributed by atoms with Crippen LogP contribution in [-0.2, 0) is 9.47 Å². The first-order valence-electron chi connectivity index (χ1n) is 9.63. The first-order valence-corrected chi connectivity index (χ1v) is 10.5. The van der Waals surface area contributed by atoms with Crippen molar-refractivity contribution < 1.29 is 9.47 Å². The van der Waals surface area contributed by atoms with Crippen LogP contribution in [-0.4, -0.2) is 71.0 Å². The number of methoxy groups -OCH3 is 1. The van der Waals surface area contributed by atoms with Crippen LogP contribution in [0.1, 0.15) is 36.6 Å². The lowest BCUT2D eigenvalue weighted by Gasteiger charge is -2.27. The number of hydrogen-bond donors (Lipinski definition) is 2. The number of guanidine groups is 1. The molecule has 2 rings (SSSR count). The SMILES string of the molecule is CN=C(NCCCCOCCOC)NCC(c1cccs1)N1CCCC1. The second-order valence-electron chi connectivity index (χ2n) is 6.47. The molecule has 1 unspecified atom stereocenters. The van der Waals surface area contributed by atoms with Crippen LogP contribution >= 0.6 is 11.3 Å². The minimum absolute atomic E-state index is 0.435. The summed E-state index contributed by atoms with van der Waals surface area (Å²) >= 11 is 1.84. The molecule has 1 aliphatic heterocycles. The topological polar surface area (TPSA) is 58.1 Å². The maximum atomic E-state index is 5.48. The molecule has 0 bridgehead atoms. The molecule has 1 fully saturated rings. The Labute approximate surface area is 162 Å². The molecule has 1 aromatic heterocycles. The quantitative estimate of drug-likeness (QED) is 0.330. The van der Waals surface area contributed by atoms with Crippen LogP contribution < -0.4 is 10.6 Å². The molecule has 0 aromatic carbocycles. The van der Waals surface area contributed by atoms with E-state index in [0.29, 0.717) is 19.3 Å². The van der Waals surface area contributed by atoms with Gasteiger partial charge in [0.2, 0.25) is 0 Å². The normalized spacial score (nSPS) is 16.8. The second-order valence-corrected chi connectivity index (χ2v) is 7.45. The fraction of sp³-hybridized carbons (Fsp3) is 0.737. The van der Waals surface area contributed by atoms with Gasteiger partial charge in [-0.2, -0.15) is 0 Å². The van der Waals surface area contributed by atoms with Crippen molar-refractivity contribution in [3.8, 4) is 0 Å². The van der Waals surface area contributed by atoms with Gasteiger partial charge in [-0.1, -0.05) is 6.07 Å². The zero-order valence-electron chi connectivity index (χ0n) is 16.2. The largest absolute Gasteiger partial charge is 0.382 e. The van der Waals surface area contributed by atoms with Gasteiger partial charge in [0.15, 0.2) is 5.96 Å². The average Bonchev–Trinajstić information content (AvgIpc) is 3.37. The van der Waals surface area contributed by atoms with E-state index >= 15 is 0 Å². The van der Waals surface area contributed by atoms with E-state index in [2.05, 4.69) is 38.0 Å². The van der Waals surface area contributed by atoms with Gasteiger partial charge in [-0.05, 0) is 50.2 Å². The van der Waals surface area contributed by atoms with Crippen LogP contribution in [0.2, 0.25) is 0 Å². The van der Waals surface area contributed by atoms with Gasteiger partial charge < -0.3 is 20.1 Å². The van der Waals surface area contributed by atoms with Gasteiger partial charge in [0, 0.05) is 38.7 Å². The molecule has 0 saturated carbocycles. The molecular formula is C19H34N4O2S. The molecule has 1 saturated heterocycles. The molecule has 26 heavy (non-hydrogen) atoms. The number of ether oxygens (including phenoxy) is 2. The van der Waals surface area contributed by atoms with Crippen LogP contribution in [0.5, 0.6) is 0 Å². The van der Waals surface area contributed by atoms with Crippen molar-refractivity contribution in [3.63, 3.8) is 0 Å². The van der Waals surface area contributed by atoms with Gasteiger partial charge in [0.1, 0.15) is 0 Å². The smallest absolute Gasteiger partial charge is 0.191 e. The van der Waals surface area contributed by atoms with Crippen molar-refractivity contribution in [2.75, 3.05) is 60.2 Å². The zero-order valence-corrected chi connectivity index (χ0v) is 17.0. The van der Waals surface area contributed by atoms with E-state index in [4.69, 9.17) is 9.47 Å². The third kappa shape index (κ3) is 7.61. The Kier molecular flexibility index (Phi) is 10.6. The lowest BCUT2D eigenvalue weighted by molar-refractivity contribution is 0.0689. The first kappa shape index (κ1) is 21.2.